The van der Waals surface area contributed by atoms with Gasteiger partial charge in [-0.2, -0.15) is 0 Å². The number of hydrogen-bond acceptors (Lipinski definition) is 3. The van der Waals surface area contributed by atoms with Gasteiger partial charge in [-0.25, -0.2) is 0 Å². The van der Waals surface area contributed by atoms with Crippen LogP contribution in [-0.2, 0) is 0 Å². The summed E-state index contributed by atoms with van der Waals surface area (Å²) in [5, 5.41) is 0. The lowest BCUT2D eigenvalue weighted by Gasteiger charge is -2.33. The highest BCUT2D eigenvalue weighted by Crippen LogP contribution is 2.26. The molecule has 1 fully saturated rings. The Kier molecular flexibility index (Phi) is 3.11. The molecule has 3 heteroatoms. The molecule has 1 aliphatic rings. The smallest absolute Gasteiger partial charge is 0.0680 e. The Morgan fingerprint density at radius 2 is 2.13 bits per heavy atom. The molecular formula is C12H18N3. The Morgan fingerprint density at radius 3 is 2.73 bits per heavy atom. The van der Waals surface area contributed by atoms with E-state index in [1.54, 1.807) is 0 Å². The second-order valence-electron chi connectivity index (χ2n) is 4.14. The Bertz CT molecular complexity index is 316. The van der Waals surface area contributed by atoms with Crippen LogP contribution in [0, 0.1) is 12.0 Å². The molecule has 0 amide bonds. The highest BCUT2D eigenvalue weighted by molar-refractivity contribution is 5.66. The van der Waals surface area contributed by atoms with Gasteiger partial charge in [-0.3, -0.25) is 0 Å². The van der Waals surface area contributed by atoms with Crippen molar-refractivity contribution in [2.24, 2.45) is 11.7 Å². The molecule has 2 rings (SSSR count). The number of hydrogen-bond donors (Lipinski definition) is 2. The van der Waals surface area contributed by atoms with Crippen molar-refractivity contribution in [2.45, 2.75) is 12.8 Å². The number of nitrogens with zero attached hydrogens (tertiary/aromatic N) is 1. The Morgan fingerprint density at radius 1 is 1.40 bits per heavy atom. The van der Waals surface area contributed by atoms with Gasteiger partial charge in [0.1, 0.15) is 0 Å². The highest BCUT2D eigenvalue weighted by atomic mass is 15.1. The van der Waals surface area contributed by atoms with Crippen molar-refractivity contribution >= 4 is 11.4 Å². The van der Waals surface area contributed by atoms with Crippen LogP contribution in [-0.4, -0.2) is 19.6 Å². The summed E-state index contributed by atoms with van der Waals surface area (Å²) < 4.78 is 0. The Labute approximate surface area is 91.1 Å². The SMILES string of the molecule is NCC1CCN(c2[c]cccc2N)CC1. The van der Waals surface area contributed by atoms with E-state index in [2.05, 4.69) is 11.0 Å². The molecule has 1 saturated heterocycles. The summed E-state index contributed by atoms with van der Waals surface area (Å²) in [6.45, 7) is 2.90. The van der Waals surface area contributed by atoms with Gasteiger partial charge in [0.25, 0.3) is 0 Å². The lowest BCUT2D eigenvalue weighted by atomic mass is 9.96. The molecule has 0 saturated carbocycles. The third-order valence-corrected chi connectivity index (χ3v) is 3.13. The molecule has 0 aliphatic carbocycles. The summed E-state index contributed by atoms with van der Waals surface area (Å²) in [4.78, 5) is 2.31. The van der Waals surface area contributed by atoms with Crippen molar-refractivity contribution in [1.29, 1.82) is 0 Å². The summed E-state index contributed by atoms with van der Waals surface area (Å²) in [7, 11) is 0. The van der Waals surface area contributed by atoms with Gasteiger partial charge in [0, 0.05) is 19.2 Å². The van der Waals surface area contributed by atoms with E-state index in [4.69, 9.17) is 11.5 Å². The van der Waals surface area contributed by atoms with Gasteiger partial charge < -0.3 is 16.4 Å². The van der Waals surface area contributed by atoms with Crippen molar-refractivity contribution in [2.75, 3.05) is 30.3 Å². The Balaban J connectivity index is 2.04. The van der Waals surface area contributed by atoms with Crippen LogP contribution in [0.4, 0.5) is 11.4 Å². The van der Waals surface area contributed by atoms with Crippen LogP contribution in [0.1, 0.15) is 12.8 Å². The zero-order valence-corrected chi connectivity index (χ0v) is 8.95. The normalized spacial score (nSPS) is 18.1. The average molecular weight is 204 g/mol. The van der Waals surface area contributed by atoms with Crippen LogP contribution in [0.25, 0.3) is 0 Å². The quantitative estimate of drug-likeness (QED) is 0.713. The fourth-order valence-electron chi connectivity index (χ4n) is 2.11. The second kappa shape index (κ2) is 4.53. The molecule has 0 bridgehead atoms. The maximum absolute atomic E-state index is 5.92. The number of piperidine rings is 1. The van der Waals surface area contributed by atoms with Crippen molar-refractivity contribution < 1.29 is 0 Å². The van der Waals surface area contributed by atoms with Gasteiger partial charge in [0.15, 0.2) is 0 Å². The lowest BCUT2D eigenvalue weighted by Crippen LogP contribution is -2.36. The number of para-hydroxylation sites is 1. The number of nitrogen functional groups attached to an aromatic ring is 1. The van der Waals surface area contributed by atoms with E-state index in [0.717, 1.165) is 31.0 Å². The number of anilines is 2. The Hall–Kier alpha value is -1.22. The van der Waals surface area contributed by atoms with E-state index in [-0.39, 0.29) is 0 Å². The molecule has 1 aliphatic heterocycles. The first kappa shape index (κ1) is 10.3. The molecule has 1 radical (unpaired) electrons. The van der Waals surface area contributed by atoms with Crippen LogP contribution in [0.2, 0.25) is 0 Å². The lowest BCUT2D eigenvalue weighted by molar-refractivity contribution is 0.415. The standard InChI is InChI=1S/C12H18N3/c13-9-10-5-7-15(8-6-10)12-4-2-1-3-11(12)14/h1-3,10H,5-9,13-14H2. The van der Waals surface area contributed by atoms with Crippen molar-refractivity contribution in [1.82, 2.24) is 0 Å². The average Bonchev–Trinajstić information content (AvgIpc) is 2.30. The molecule has 1 aromatic rings. The number of benzene rings is 1. The largest absolute Gasteiger partial charge is 0.397 e. The number of rotatable bonds is 2. The van der Waals surface area contributed by atoms with E-state index in [1.165, 1.54) is 12.8 Å². The fraction of sp³-hybridized carbons (Fsp3) is 0.500. The van der Waals surface area contributed by atoms with Gasteiger partial charge in [-0.15, -0.1) is 0 Å². The molecule has 3 nitrogen and oxygen atoms in total. The molecule has 1 heterocycles. The summed E-state index contributed by atoms with van der Waals surface area (Å²) in [5.74, 6) is 0.686. The first-order valence-corrected chi connectivity index (χ1v) is 5.52. The van der Waals surface area contributed by atoms with Gasteiger partial charge in [-0.05, 0) is 31.4 Å². The third-order valence-electron chi connectivity index (χ3n) is 3.13. The van der Waals surface area contributed by atoms with Gasteiger partial charge in [0.05, 0.1) is 11.4 Å². The molecule has 0 unspecified atom stereocenters. The molecule has 15 heavy (non-hydrogen) atoms. The minimum Gasteiger partial charge on any atom is -0.397 e. The van der Waals surface area contributed by atoms with E-state index >= 15 is 0 Å². The van der Waals surface area contributed by atoms with Gasteiger partial charge in [0.2, 0.25) is 0 Å². The van der Waals surface area contributed by atoms with E-state index in [0.29, 0.717) is 5.92 Å². The van der Waals surface area contributed by atoms with Crippen molar-refractivity contribution in [3.05, 3.63) is 24.3 Å². The molecule has 81 valence electrons. The minimum absolute atomic E-state index is 0.686. The maximum Gasteiger partial charge on any atom is 0.0680 e. The monoisotopic (exact) mass is 204 g/mol. The van der Waals surface area contributed by atoms with Crippen LogP contribution < -0.4 is 16.4 Å². The van der Waals surface area contributed by atoms with Crippen molar-refractivity contribution in [3.8, 4) is 0 Å². The zero-order chi connectivity index (χ0) is 10.7. The molecule has 4 N–H and O–H groups in total. The first-order valence-electron chi connectivity index (χ1n) is 5.52. The van der Waals surface area contributed by atoms with Gasteiger partial charge >= 0.3 is 0 Å². The van der Waals surface area contributed by atoms with Crippen LogP contribution >= 0.6 is 0 Å². The molecule has 1 aromatic carbocycles. The second-order valence-corrected chi connectivity index (χ2v) is 4.14. The van der Waals surface area contributed by atoms with Gasteiger partial charge in [-0.1, -0.05) is 12.1 Å². The van der Waals surface area contributed by atoms with E-state index < -0.39 is 0 Å². The topological polar surface area (TPSA) is 55.3 Å². The summed E-state index contributed by atoms with van der Waals surface area (Å²) >= 11 is 0. The predicted molar refractivity (Wildman–Crippen MR) is 63.7 cm³/mol. The maximum atomic E-state index is 5.92. The molecule has 0 atom stereocenters. The third kappa shape index (κ3) is 2.23. The molecule has 0 aromatic heterocycles. The summed E-state index contributed by atoms with van der Waals surface area (Å²) in [5.41, 5.74) is 13.5. The first-order chi connectivity index (χ1) is 7.31. The zero-order valence-electron chi connectivity index (χ0n) is 8.95. The minimum atomic E-state index is 0.686. The van der Waals surface area contributed by atoms with Crippen LogP contribution in [0.15, 0.2) is 18.2 Å². The number of nitrogens with two attached hydrogens (primary N) is 2. The molecular weight excluding hydrogens is 186 g/mol. The molecule has 0 spiro atoms. The van der Waals surface area contributed by atoms with E-state index in [1.807, 2.05) is 18.2 Å². The highest BCUT2D eigenvalue weighted by Gasteiger charge is 2.19. The summed E-state index contributed by atoms with van der Waals surface area (Å²) in [6, 6.07) is 8.98. The summed E-state index contributed by atoms with van der Waals surface area (Å²) in [6.07, 6.45) is 2.33. The fourth-order valence-corrected chi connectivity index (χ4v) is 2.11. The van der Waals surface area contributed by atoms with Crippen LogP contribution in [0.3, 0.4) is 0 Å². The van der Waals surface area contributed by atoms with E-state index in [9.17, 15) is 0 Å². The van der Waals surface area contributed by atoms with Crippen molar-refractivity contribution in [3.63, 3.8) is 0 Å². The predicted octanol–water partition coefficient (Wildman–Crippen LogP) is 1.24. The van der Waals surface area contributed by atoms with Crippen LogP contribution in [0.5, 0.6) is 0 Å².